The van der Waals surface area contributed by atoms with E-state index in [4.69, 9.17) is 4.74 Å². The summed E-state index contributed by atoms with van der Waals surface area (Å²) in [5, 5.41) is 3.27. The molecule has 0 bridgehead atoms. The van der Waals surface area contributed by atoms with Crippen molar-refractivity contribution in [3.8, 4) is 5.75 Å². The van der Waals surface area contributed by atoms with Crippen LogP contribution in [-0.4, -0.2) is 33.6 Å². The van der Waals surface area contributed by atoms with Crippen molar-refractivity contribution >= 4 is 9.84 Å². The lowest BCUT2D eigenvalue weighted by atomic mass is 9.92. The van der Waals surface area contributed by atoms with Gasteiger partial charge >= 0.3 is 0 Å². The molecule has 0 radical (unpaired) electrons. The second-order valence-corrected chi connectivity index (χ2v) is 7.32. The molecule has 1 aliphatic rings. The number of benzene rings is 1. The fourth-order valence-corrected chi connectivity index (χ4v) is 4.58. The maximum Gasteiger partial charge on any atom is 0.165 e. The number of nitrogens with one attached hydrogen (secondary N) is 1. The van der Waals surface area contributed by atoms with Gasteiger partial charge in [0.15, 0.2) is 21.4 Å². The molecule has 1 aromatic rings. The molecule has 0 aliphatic carbocycles. The fourth-order valence-electron chi connectivity index (χ4n) is 2.74. The molecule has 0 amide bonds. The summed E-state index contributed by atoms with van der Waals surface area (Å²) in [5.74, 6) is 0.154. The van der Waals surface area contributed by atoms with Gasteiger partial charge in [-0.25, -0.2) is 12.8 Å². The maximum atomic E-state index is 13.8. The van der Waals surface area contributed by atoms with E-state index in [0.717, 1.165) is 5.56 Å². The Morgan fingerprint density at radius 2 is 2.25 bits per heavy atom. The highest BCUT2D eigenvalue weighted by molar-refractivity contribution is 7.91. The first-order valence-corrected chi connectivity index (χ1v) is 8.56. The summed E-state index contributed by atoms with van der Waals surface area (Å²) in [5.41, 5.74) is 0.771. The summed E-state index contributed by atoms with van der Waals surface area (Å²) < 4.78 is 42.0. The molecule has 1 saturated heterocycles. The highest BCUT2D eigenvalue weighted by Crippen LogP contribution is 2.33. The summed E-state index contributed by atoms with van der Waals surface area (Å²) >= 11 is 0. The predicted octanol–water partition coefficient (Wildman–Crippen LogP) is 1.92. The molecule has 6 heteroatoms. The predicted molar refractivity (Wildman–Crippen MR) is 76.1 cm³/mol. The van der Waals surface area contributed by atoms with Crippen molar-refractivity contribution in [1.82, 2.24) is 5.32 Å². The van der Waals surface area contributed by atoms with Crippen LogP contribution >= 0.6 is 0 Å². The molecule has 4 nitrogen and oxygen atoms in total. The summed E-state index contributed by atoms with van der Waals surface area (Å²) in [6.45, 7) is 2.66. The average molecular weight is 301 g/mol. The summed E-state index contributed by atoms with van der Waals surface area (Å²) in [7, 11) is -1.53. The van der Waals surface area contributed by atoms with Gasteiger partial charge < -0.3 is 10.1 Å². The van der Waals surface area contributed by atoms with Crippen molar-refractivity contribution in [3.63, 3.8) is 0 Å². The van der Waals surface area contributed by atoms with Crippen LogP contribution < -0.4 is 10.1 Å². The molecule has 20 heavy (non-hydrogen) atoms. The van der Waals surface area contributed by atoms with E-state index < -0.39 is 15.7 Å². The number of hydrogen-bond donors (Lipinski definition) is 1. The number of sulfone groups is 1. The molecule has 2 unspecified atom stereocenters. The Kier molecular flexibility index (Phi) is 4.65. The molecular formula is C14H20FNO3S. The summed E-state index contributed by atoms with van der Waals surface area (Å²) in [6, 6.07) is 4.66. The van der Waals surface area contributed by atoms with Crippen molar-refractivity contribution in [2.45, 2.75) is 19.4 Å². The van der Waals surface area contributed by atoms with Crippen molar-refractivity contribution in [2.24, 2.45) is 5.92 Å². The van der Waals surface area contributed by atoms with E-state index in [1.807, 2.05) is 6.92 Å². The van der Waals surface area contributed by atoms with Gasteiger partial charge in [-0.05, 0) is 36.6 Å². The molecule has 0 spiro atoms. The van der Waals surface area contributed by atoms with Crippen molar-refractivity contribution < 1.29 is 17.5 Å². The molecule has 1 fully saturated rings. The minimum absolute atomic E-state index is 0.00672. The fraction of sp³-hybridized carbons (Fsp3) is 0.571. The number of rotatable bonds is 5. The molecule has 1 aliphatic heterocycles. The zero-order chi connectivity index (χ0) is 14.8. The number of methoxy groups -OCH3 is 1. The molecule has 1 aromatic carbocycles. The number of ether oxygens (including phenoxy) is 1. The van der Waals surface area contributed by atoms with E-state index in [0.29, 0.717) is 13.0 Å². The van der Waals surface area contributed by atoms with E-state index >= 15 is 0 Å². The summed E-state index contributed by atoms with van der Waals surface area (Å²) in [4.78, 5) is 0. The lowest BCUT2D eigenvalue weighted by Crippen LogP contribution is -2.29. The third-order valence-corrected chi connectivity index (χ3v) is 5.49. The zero-order valence-corrected chi connectivity index (χ0v) is 12.5. The van der Waals surface area contributed by atoms with Crippen LogP contribution in [-0.2, 0) is 9.84 Å². The molecular weight excluding hydrogens is 281 g/mol. The first-order valence-electron chi connectivity index (χ1n) is 6.74. The van der Waals surface area contributed by atoms with Crippen LogP contribution in [0, 0.1) is 11.7 Å². The van der Waals surface area contributed by atoms with E-state index in [1.165, 1.54) is 13.2 Å². The molecule has 0 saturated carbocycles. The molecule has 112 valence electrons. The maximum absolute atomic E-state index is 13.8. The van der Waals surface area contributed by atoms with Crippen LogP contribution in [0.15, 0.2) is 18.2 Å². The standard InChI is InChI=1S/C14H20FNO3S/c1-3-16-14(11-6-7-20(17,18)9-11)10-4-5-13(19-2)12(15)8-10/h4-5,8,11,14,16H,3,6-7,9H2,1-2H3. The van der Waals surface area contributed by atoms with Gasteiger partial charge in [0.25, 0.3) is 0 Å². The Balaban J connectivity index is 2.27. The molecule has 1 heterocycles. The lowest BCUT2D eigenvalue weighted by molar-refractivity contribution is 0.379. The second kappa shape index (κ2) is 6.10. The summed E-state index contributed by atoms with van der Waals surface area (Å²) in [6.07, 6.45) is 0.619. The van der Waals surface area contributed by atoms with Gasteiger partial charge in [-0.2, -0.15) is 0 Å². The SMILES string of the molecule is CCNC(c1ccc(OC)c(F)c1)C1CCS(=O)(=O)C1. The molecule has 2 rings (SSSR count). The first kappa shape index (κ1) is 15.3. The Bertz CT molecular complexity index is 574. The van der Waals surface area contributed by atoms with Crippen molar-refractivity contribution in [1.29, 1.82) is 0 Å². The Morgan fingerprint density at radius 1 is 1.50 bits per heavy atom. The molecule has 0 aromatic heterocycles. The highest BCUT2D eigenvalue weighted by atomic mass is 32.2. The molecule has 2 atom stereocenters. The largest absolute Gasteiger partial charge is 0.494 e. The van der Waals surface area contributed by atoms with Crippen molar-refractivity contribution in [2.75, 3.05) is 25.2 Å². The monoisotopic (exact) mass is 301 g/mol. The quantitative estimate of drug-likeness (QED) is 0.903. The van der Waals surface area contributed by atoms with Crippen LogP contribution in [0.25, 0.3) is 0 Å². The smallest absolute Gasteiger partial charge is 0.165 e. The van der Waals surface area contributed by atoms with Crippen LogP contribution in [0.2, 0.25) is 0 Å². The van der Waals surface area contributed by atoms with Gasteiger partial charge in [-0.15, -0.1) is 0 Å². The Morgan fingerprint density at radius 3 is 2.75 bits per heavy atom. The highest BCUT2D eigenvalue weighted by Gasteiger charge is 2.34. The van der Waals surface area contributed by atoms with Gasteiger partial charge in [0.05, 0.1) is 18.6 Å². The van der Waals surface area contributed by atoms with Crippen LogP contribution in [0.5, 0.6) is 5.75 Å². The Hall–Kier alpha value is -1.14. The van der Waals surface area contributed by atoms with E-state index in [2.05, 4.69) is 5.32 Å². The third kappa shape index (κ3) is 3.30. The third-order valence-electron chi connectivity index (χ3n) is 3.70. The second-order valence-electron chi connectivity index (χ2n) is 5.09. The topological polar surface area (TPSA) is 55.4 Å². The van der Waals surface area contributed by atoms with E-state index in [9.17, 15) is 12.8 Å². The number of halogens is 1. The van der Waals surface area contributed by atoms with Gasteiger partial charge in [-0.1, -0.05) is 13.0 Å². The van der Waals surface area contributed by atoms with Gasteiger partial charge in [0.2, 0.25) is 0 Å². The van der Waals surface area contributed by atoms with Crippen LogP contribution in [0.3, 0.4) is 0 Å². The van der Waals surface area contributed by atoms with Crippen molar-refractivity contribution in [3.05, 3.63) is 29.6 Å². The van der Waals surface area contributed by atoms with E-state index in [1.54, 1.807) is 12.1 Å². The van der Waals surface area contributed by atoms with E-state index in [-0.39, 0.29) is 29.2 Å². The minimum Gasteiger partial charge on any atom is -0.494 e. The van der Waals surface area contributed by atoms with Gasteiger partial charge in [-0.3, -0.25) is 0 Å². The lowest BCUT2D eigenvalue weighted by Gasteiger charge is -2.24. The average Bonchev–Trinajstić information content (AvgIpc) is 2.76. The van der Waals surface area contributed by atoms with Gasteiger partial charge in [0, 0.05) is 6.04 Å². The molecule has 1 N–H and O–H groups in total. The minimum atomic E-state index is -2.95. The first-order chi connectivity index (χ1) is 9.46. The zero-order valence-electron chi connectivity index (χ0n) is 11.7. The Labute approximate surface area is 119 Å². The van der Waals surface area contributed by atoms with Gasteiger partial charge in [0.1, 0.15) is 0 Å². The normalized spacial score (nSPS) is 22.6. The van der Waals surface area contributed by atoms with Crippen LogP contribution in [0.4, 0.5) is 4.39 Å². The number of hydrogen-bond acceptors (Lipinski definition) is 4. The van der Waals surface area contributed by atoms with Crippen LogP contribution in [0.1, 0.15) is 24.9 Å².